The molecule has 1 aliphatic heterocycles. The van der Waals surface area contributed by atoms with Gasteiger partial charge in [0.1, 0.15) is 4.90 Å². The van der Waals surface area contributed by atoms with Crippen LogP contribution >= 0.6 is 11.6 Å². The smallest absolute Gasteiger partial charge is 0.241 e. The van der Waals surface area contributed by atoms with Gasteiger partial charge < -0.3 is 0 Å². The van der Waals surface area contributed by atoms with Gasteiger partial charge in [0, 0.05) is 6.42 Å². The maximum atomic E-state index is 12.6. The number of amides is 2. The van der Waals surface area contributed by atoms with Crippen molar-refractivity contribution in [2.75, 3.05) is 4.90 Å². The van der Waals surface area contributed by atoms with Crippen LogP contribution in [0, 0.1) is 0 Å². The molecule has 1 heterocycles. The van der Waals surface area contributed by atoms with Gasteiger partial charge in [0.15, 0.2) is 0 Å². The molecule has 8 heteroatoms. The van der Waals surface area contributed by atoms with Crippen LogP contribution in [0.25, 0.3) is 0 Å². The number of benzene rings is 2. The fraction of sp³-hybridized carbons (Fsp3) is 0.125. The number of nitrogens with two attached hydrogens (primary N) is 1. The number of carbonyl (C=O) groups excluding carboxylic acids is 2. The van der Waals surface area contributed by atoms with Crippen LogP contribution in [0.3, 0.4) is 0 Å². The number of nitrogens with zero attached hydrogens (tertiary/aromatic N) is 1. The van der Waals surface area contributed by atoms with E-state index in [1.807, 2.05) is 6.07 Å². The first-order valence-corrected chi connectivity index (χ1v) is 8.95. The molecule has 2 aromatic carbocycles. The lowest BCUT2D eigenvalue weighted by atomic mass is 9.98. The molecule has 2 aromatic rings. The standard InChI is InChI=1S/C16H13ClN2O4S/c17-13-8-11(6-7-14(13)24(18,22)23)19-15(20)9-12(16(19)21)10-4-2-1-3-5-10/h1-8,12H,9H2,(H2,18,22,23). The van der Waals surface area contributed by atoms with Crippen LogP contribution < -0.4 is 10.0 Å². The van der Waals surface area contributed by atoms with E-state index in [0.29, 0.717) is 0 Å². The predicted octanol–water partition coefficient (Wildman–Crippen LogP) is 2.03. The molecule has 24 heavy (non-hydrogen) atoms. The minimum atomic E-state index is -3.97. The zero-order valence-corrected chi connectivity index (χ0v) is 13.9. The van der Waals surface area contributed by atoms with Crippen molar-refractivity contribution in [2.45, 2.75) is 17.2 Å². The van der Waals surface area contributed by atoms with Crippen LogP contribution in [0.1, 0.15) is 17.9 Å². The Morgan fingerprint density at radius 1 is 1.08 bits per heavy atom. The molecule has 2 amide bonds. The van der Waals surface area contributed by atoms with E-state index < -0.39 is 15.9 Å². The third-order valence-electron chi connectivity index (χ3n) is 3.83. The highest BCUT2D eigenvalue weighted by Crippen LogP contribution is 2.35. The van der Waals surface area contributed by atoms with Crippen molar-refractivity contribution < 1.29 is 18.0 Å². The van der Waals surface area contributed by atoms with Crippen LogP contribution in [0.5, 0.6) is 0 Å². The van der Waals surface area contributed by atoms with Gasteiger partial charge in [-0.3, -0.25) is 9.59 Å². The number of carbonyl (C=O) groups is 2. The van der Waals surface area contributed by atoms with E-state index in [1.165, 1.54) is 18.2 Å². The quantitative estimate of drug-likeness (QED) is 0.842. The molecule has 0 aromatic heterocycles. The van der Waals surface area contributed by atoms with Crippen LogP contribution in [-0.4, -0.2) is 20.2 Å². The van der Waals surface area contributed by atoms with Crippen LogP contribution in [0.4, 0.5) is 5.69 Å². The molecular weight excluding hydrogens is 352 g/mol. The van der Waals surface area contributed by atoms with Crippen molar-refractivity contribution in [3.63, 3.8) is 0 Å². The van der Waals surface area contributed by atoms with Gasteiger partial charge in [0.2, 0.25) is 21.8 Å². The first-order valence-electron chi connectivity index (χ1n) is 7.03. The maximum absolute atomic E-state index is 12.6. The molecule has 1 fully saturated rings. The van der Waals surface area contributed by atoms with Crippen molar-refractivity contribution >= 4 is 39.1 Å². The molecule has 1 unspecified atom stereocenters. The van der Waals surface area contributed by atoms with Crippen molar-refractivity contribution in [3.05, 3.63) is 59.1 Å². The summed E-state index contributed by atoms with van der Waals surface area (Å²) in [5.74, 6) is -1.30. The molecule has 1 atom stereocenters. The summed E-state index contributed by atoms with van der Waals surface area (Å²) < 4.78 is 22.8. The number of rotatable bonds is 3. The number of imide groups is 1. The molecule has 1 aliphatic rings. The highest BCUT2D eigenvalue weighted by Gasteiger charge is 2.40. The third kappa shape index (κ3) is 2.93. The van der Waals surface area contributed by atoms with Gasteiger partial charge >= 0.3 is 0 Å². The Kier molecular flexibility index (Phi) is 4.16. The second-order valence-electron chi connectivity index (χ2n) is 5.39. The average molecular weight is 365 g/mol. The number of hydrogen-bond donors (Lipinski definition) is 1. The second kappa shape index (κ2) is 6.01. The second-order valence-corrected chi connectivity index (χ2v) is 7.33. The van der Waals surface area contributed by atoms with Gasteiger partial charge in [0.25, 0.3) is 0 Å². The largest absolute Gasteiger partial charge is 0.274 e. The fourth-order valence-electron chi connectivity index (χ4n) is 2.71. The van der Waals surface area contributed by atoms with E-state index in [4.69, 9.17) is 16.7 Å². The zero-order valence-electron chi connectivity index (χ0n) is 12.3. The summed E-state index contributed by atoms with van der Waals surface area (Å²) in [4.78, 5) is 25.7. The lowest BCUT2D eigenvalue weighted by molar-refractivity contribution is -0.121. The third-order valence-corrected chi connectivity index (χ3v) is 5.22. The Morgan fingerprint density at radius 3 is 2.33 bits per heavy atom. The lowest BCUT2D eigenvalue weighted by Crippen LogP contribution is -2.30. The molecule has 0 radical (unpaired) electrons. The number of anilines is 1. The normalized spacial score (nSPS) is 18.2. The monoisotopic (exact) mass is 364 g/mol. The van der Waals surface area contributed by atoms with Crippen molar-refractivity contribution in [1.29, 1.82) is 0 Å². The van der Waals surface area contributed by atoms with Gasteiger partial charge in [-0.15, -0.1) is 0 Å². The Morgan fingerprint density at radius 2 is 1.75 bits per heavy atom. The minimum Gasteiger partial charge on any atom is -0.274 e. The van der Waals surface area contributed by atoms with E-state index >= 15 is 0 Å². The van der Waals surface area contributed by atoms with Gasteiger partial charge in [0.05, 0.1) is 16.6 Å². The summed E-state index contributed by atoms with van der Waals surface area (Å²) in [6.45, 7) is 0. The molecular formula is C16H13ClN2O4S. The highest BCUT2D eigenvalue weighted by atomic mass is 35.5. The highest BCUT2D eigenvalue weighted by molar-refractivity contribution is 7.89. The number of sulfonamides is 1. The summed E-state index contributed by atoms with van der Waals surface area (Å²) in [7, 11) is -3.97. The molecule has 3 rings (SSSR count). The van der Waals surface area contributed by atoms with Crippen LogP contribution in [0.15, 0.2) is 53.4 Å². The number of hydrogen-bond acceptors (Lipinski definition) is 4. The summed E-state index contributed by atoms with van der Waals surface area (Å²) in [6.07, 6.45) is 0.0530. The molecule has 6 nitrogen and oxygen atoms in total. The van der Waals surface area contributed by atoms with Crippen molar-refractivity contribution in [2.24, 2.45) is 5.14 Å². The molecule has 2 N–H and O–H groups in total. The van der Waals surface area contributed by atoms with Gasteiger partial charge in [-0.2, -0.15) is 0 Å². The minimum absolute atomic E-state index is 0.0530. The van der Waals surface area contributed by atoms with Gasteiger partial charge in [-0.25, -0.2) is 18.5 Å². The van der Waals surface area contributed by atoms with E-state index in [-0.39, 0.29) is 33.8 Å². The molecule has 0 bridgehead atoms. The van der Waals surface area contributed by atoms with Crippen molar-refractivity contribution in [1.82, 2.24) is 0 Å². The first-order chi connectivity index (χ1) is 11.3. The van der Waals surface area contributed by atoms with Gasteiger partial charge in [-0.05, 0) is 23.8 Å². The van der Waals surface area contributed by atoms with Crippen LogP contribution in [-0.2, 0) is 19.6 Å². The number of primary sulfonamides is 1. The van der Waals surface area contributed by atoms with Crippen molar-refractivity contribution in [3.8, 4) is 0 Å². The van der Waals surface area contributed by atoms with E-state index in [0.717, 1.165) is 10.5 Å². The number of halogens is 1. The first kappa shape index (κ1) is 16.6. The van der Waals surface area contributed by atoms with E-state index in [2.05, 4.69) is 0 Å². The van der Waals surface area contributed by atoms with Crippen LogP contribution in [0.2, 0.25) is 5.02 Å². The topological polar surface area (TPSA) is 97.5 Å². The summed E-state index contributed by atoms with van der Waals surface area (Å²) in [5, 5.41) is 4.91. The lowest BCUT2D eigenvalue weighted by Gasteiger charge is -2.16. The van der Waals surface area contributed by atoms with E-state index in [1.54, 1.807) is 24.3 Å². The maximum Gasteiger partial charge on any atom is 0.241 e. The molecule has 0 aliphatic carbocycles. The molecule has 0 saturated carbocycles. The Bertz CT molecular complexity index is 928. The SMILES string of the molecule is NS(=O)(=O)c1ccc(N2C(=O)CC(c3ccccc3)C2=O)cc1Cl. The Balaban J connectivity index is 1.97. The summed E-state index contributed by atoms with van der Waals surface area (Å²) in [5.41, 5.74) is 0.978. The van der Waals surface area contributed by atoms with E-state index in [9.17, 15) is 18.0 Å². The predicted molar refractivity (Wildman–Crippen MR) is 89.1 cm³/mol. The van der Waals surface area contributed by atoms with Gasteiger partial charge in [-0.1, -0.05) is 41.9 Å². The zero-order chi connectivity index (χ0) is 17.5. The summed E-state index contributed by atoms with van der Waals surface area (Å²) in [6, 6.07) is 12.8. The Hall–Kier alpha value is -2.22. The fourth-order valence-corrected chi connectivity index (χ4v) is 3.79. The molecule has 0 spiro atoms. The Labute approximate surface area is 143 Å². The summed E-state index contributed by atoms with van der Waals surface area (Å²) >= 11 is 5.93. The molecule has 124 valence electrons. The average Bonchev–Trinajstić information content (AvgIpc) is 2.81. The molecule has 1 saturated heterocycles.